The van der Waals surface area contributed by atoms with E-state index in [0.29, 0.717) is 13.0 Å². The lowest BCUT2D eigenvalue weighted by Gasteiger charge is -2.15. The molecule has 0 aliphatic carbocycles. The van der Waals surface area contributed by atoms with Crippen LogP contribution in [-0.2, 0) is 11.3 Å². The van der Waals surface area contributed by atoms with E-state index >= 15 is 0 Å². The van der Waals surface area contributed by atoms with Crippen LogP contribution < -0.4 is 5.32 Å². The molecule has 16 heavy (non-hydrogen) atoms. The van der Waals surface area contributed by atoms with Crippen LogP contribution in [0.25, 0.3) is 0 Å². The number of methoxy groups -OCH3 is 1. The van der Waals surface area contributed by atoms with Gasteiger partial charge in [-0.3, -0.25) is 0 Å². The molecule has 1 rings (SSSR count). The fraction of sp³-hybridized carbons (Fsp3) is 0.462. The molecule has 0 saturated carbocycles. The zero-order valence-electron chi connectivity index (χ0n) is 9.86. The van der Waals surface area contributed by atoms with Crippen LogP contribution in [0.15, 0.2) is 24.3 Å². The molecule has 0 heterocycles. The van der Waals surface area contributed by atoms with E-state index in [2.05, 4.69) is 24.4 Å². The van der Waals surface area contributed by atoms with Crippen LogP contribution in [0.3, 0.4) is 0 Å². The summed E-state index contributed by atoms with van der Waals surface area (Å²) < 4.78 is 5.08. The fourth-order valence-electron chi connectivity index (χ4n) is 1.56. The van der Waals surface area contributed by atoms with Crippen molar-refractivity contribution in [1.29, 1.82) is 5.26 Å². The van der Waals surface area contributed by atoms with Crippen LogP contribution in [0.5, 0.6) is 0 Å². The highest BCUT2D eigenvalue weighted by atomic mass is 16.5. The normalized spacial score (nSPS) is 11.8. The predicted octanol–water partition coefficient (Wildman–Crippen LogP) is 2.94. The number of nitrogens with one attached hydrogen (secondary N) is 1. The first-order valence-electron chi connectivity index (χ1n) is 5.51. The SMILES string of the molecule is CCC(CC#N)Nc1cccc(COC)c1. The first-order valence-corrected chi connectivity index (χ1v) is 5.51. The summed E-state index contributed by atoms with van der Waals surface area (Å²) in [6.07, 6.45) is 1.48. The third-order valence-electron chi connectivity index (χ3n) is 2.44. The summed E-state index contributed by atoms with van der Waals surface area (Å²) >= 11 is 0. The maximum absolute atomic E-state index is 8.67. The number of nitriles is 1. The Kier molecular flexibility index (Phi) is 5.38. The van der Waals surface area contributed by atoms with Crippen LogP contribution >= 0.6 is 0 Å². The predicted molar refractivity (Wildman–Crippen MR) is 65.1 cm³/mol. The largest absolute Gasteiger partial charge is 0.381 e. The summed E-state index contributed by atoms with van der Waals surface area (Å²) in [5.41, 5.74) is 2.19. The van der Waals surface area contributed by atoms with Gasteiger partial charge >= 0.3 is 0 Å². The number of hydrogen-bond donors (Lipinski definition) is 1. The smallest absolute Gasteiger partial charge is 0.0713 e. The van der Waals surface area contributed by atoms with Gasteiger partial charge in [0, 0.05) is 18.8 Å². The molecule has 86 valence electrons. The maximum Gasteiger partial charge on any atom is 0.0713 e. The highest BCUT2D eigenvalue weighted by molar-refractivity contribution is 5.46. The minimum Gasteiger partial charge on any atom is -0.381 e. The van der Waals surface area contributed by atoms with E-state index in [1.54, 1.807) is 7.11 Å². The summed E-state index contributed by atoms with van der Waals surface area (Å²) in [5, 5.41) is 12.0. The molecular weight excluding hydrogens is 200 g/mol. The lowest BCUT2D eigenvalue weighted by atomic mass is 10.1. The zero-order valence-corrected chi connectivity index (χ0v) is 9.86. The Morgan fingerprint density at radius 2 is 2.31 bits per heavy atom. The molecule has 0 radical (unpaired) electrons. The Balaban J connectivity index is 2.65. The maximum atomic E-state index is 8.67. The Bertz CT molecular complexity index is 357. The topological polar surface area (TPSA) is 45.0 Å². The van der Waals surface area contributed by atoms with Gasteiger partial charge in [-0.05, 0) is 24.1 Å². The Morgan fingerprint density at radius 1 is 1.50 bits per heavy atom. The van der Waals surface area contributed by atoms with Crippen LogP contribution in [0.1, 0.15) is 25.3 Å². The first kappa shape index (κ1) is 12.5. The van der Waals surface area contributed by atoms with Gasteiger partial charge in [0.25, 0.3) is 0 Å². The standard InChI is InChI=1S/C13H18N2O/c1-3-12(7-8-14)15-13-6-4-5-11(9-13)10-16-2/h4-6,9,12,15H,3,7,10H2,1-2H3. The number of anilines is 1. The van der Waals surface area contributed by atoms with Crippen molar-refractivity contribution >= 4 is 5.69 Å². The number of ether oxygens (including phenoxy) is 1. The van der Waals surface area contributed by atoms with Gasteiger partial charge in [-0.15, -0.1) is 0 Å². The van der Waals surface area contributed by atoms with Crippen molar-refractivity contribution in [3.8, 4) is 6.07 Å². The summed E-state index contributed by atoms with van der Waals surface area (Å²) in [7, 11) is 1.69. The highest BCUT2D eigenvalue weighted by Gasteiger charge is 2.05. The second-order valence-corrected chi connectivity index (χ2v) is 3.75. The number of rotatable bonds is 6. The third kappa shape index (κ3) is 3.92. The average molecular weight is 218 g/mol. The van der Waals surface area contributed by atoms with E-state index in [0.717, 1.165) is 17.7 Å². The zero-order chi connectivity index (χ0) is 11.8. The summed E-state index contributed by atoms with van der Waals surface area (Å²) in [6.45, 7) is 2.69. The molecule has 1 aromatic rings. The van der Waals surface area contributed by atoms with Crippen molar-refractivity contribution in [1.82, 2.24) is 0 Å². The summed E-state index contributed by atoms with van der Waals surface area (Å²) in [4.78, 5) is 0. The number of benzene rings is 1. The third-order valence-corrected chi connectivity index (χ3v) is 2.44. The van der Waals surface area contributed by atoms with Crippen molar-refractivity contribution in [2.75, 3.05) is 12.4 Å². The van der Waals surface area contributed by atoms with Gasteiger partial charge in [-0.25, -0.2) is 0 Å². The van der Waals surface area contributed by atoms with Gasteiger partial charge < -0.3 is 10.1 Å². The molecule has 0 aliphatic rings. The quantitative estimate of drug-likeness (QED) is 0.798. The van der Waals surface area contributed by atoms with E-state index in [9.17, 15) is 0 Å². The van der Waals surface area contributed by atoms with E-state index < -0.39 is 0 Å². The van der Waals surface area contributed by atoms with E-state index in [4.69, 9.17) is 10.00 Å². The van der Waals surface area contributed by atoms with Crippen molar-refractivity contribution in [2.24, 2.45) is 0 Å². The van der Waals surface area contributed by atoms with Gasteiger partial charge in [0.1, 0.15) is 0 Å². The minimum absolute atomic E-state index is 0.225. The lowest BCUT2D eigenvalue weighted by Crippen LogP contribution is -2.17. The fourth-order valence-corrected chi connectivity index (χ4v) is 1.56. The van der Waals surface area contributed by atoms with Crippen molar-refractivity contribution in [3.05, 3.63) is 29.8 Å². The second-order valence-electron chi connectivity index (χ2n) is 3.75. The molecule has 3 nitrogen and oxygen atoms in total. The molecule has 0 saturated heterocycles. The minimum atomic E-state index is 0.225. The van der Waals surface area contributed by atoms with Crippen LogP contribution in [0.2, 0.25) is 0 Å². The molecule has 0 fully saturated rings. The van der Waals surface area contributed by atoms with Crippen LogP contribution in [-0.4, -0.2) is 13.2 Å². The average Bonchev–Trinajstić information content (AvgIpc) is 2.29. The van der Waals surface area contributed by atoms with Crippen molar-refractivity contribution < 1.29 is 4.74 Å². The molecule has 0 aliphatic heterocycles. The number of hydrogen-bond acceptors (Lipinski definition) is 3. The Morgan fingerprint density at radius 3 is 2.94 bits per heavy atom. The molecule has 3 heteroatoms. The van der Waals surface area contributed by atoms with Gasteiger partial charge in [-0.1, -0.05) is 19.1 Å². The van der Waals surface area contributed by atoms with Crippen LogP contribution in [0, 0.1) is 11.3 Å². The van der Waals surface area contributed by atoms with Crippen molar-refractivity contribution in [3.63, 3.8) is 0 Å². The van der Waals surface area contributed by atoms with Gasteiger partial charge in [0.2, 0.25) is 0 Å². The molecule has 0 spiro atoms. The Labute approximate surface area is 97.0 Å². The number of nitrogens with zero attached hydrogens (tertiary/aromatic N) is 1. The second kappa shape index (κ2) is 6.86. The lowest BCUT2D eigenvalue weighted by molar-refractivity contribution is 0.185. The molecule has 1 atom stereocenters. The molecule has 1 unspecified atom stereocenters. The monoisotopic (exact) mass is 218 g/mol. The van der Waals surface area contributed by atoms with Gasteiger partial charge in [-0.2, -0.15) is 5.26 Å². The highest BCUT2D eigenvalue weighted by Crippen LogP contribution is 2.14. The molecule has 0 aromatic heterocycles. The van der Waals surface area contributed by atoms with Crippen LogP contribution in [0.4, 0.5) is 5.69 Å². The molecule has 1 N–H and O–H groups in total. The van der Waals surface area contributed by atoms with Crippen molar-refractivity contribution in [2.45, 2.75) is 32.4 Å². The molecule has 0 amide bonds. The molecule has 0 bridgehead atoms. The molecule has 1 aromatic carbocycles. The Hall–Kier alpha value is -1.53. The molecular formula is C13H18N2O. The van der Waals surface area contributed by atoms with E-state index in [1.807, 2.05) is 18.2 Å². The van der Waals surface area contributed by atoms with E-state index in [-0.39, 0.29) is 6.04 Å². The van der Waals surface area contributed by atoms with E-state index in [1.165, 1.54) is 0 Å². The van der Waals surface area contributed by atoms with Gasteiger partial charge in [0.15, 0.2) is 0 Å². The van der Waals surface area contributed by atoms with Gasteiger partial charge in [0.05, 0.1) is 19.1 Å². The summed E-state index contributed by atoms with van der Waals surface area (Å²) in [6, 6.07) is 10.5. The summed E-state index contributed by atoms with van der Waals surface area (Å²) in [5.74, 6) is 0. The first-order chi connectivity index (χ1) is 7.80.